The van der Waals surface area contributed by atoms with Crippen molar-refractivity contribution in [2.45, 2.75) is 26.5 Å². The summed E-state index contributed by atoms with van der Waals surface area (Å²) < 4.78 is 5.73. The van der Waals surface area contributed by atoms with Gasteiger partial charge in [0.1, 0.15) is 0 Å². The normalized spacial score (nSPS) is 10.6. The molecular weight excluding hydrogens is 364 g/mol. The molecule has 0 radical (unpaired) electrons. The maximum atomic E-state index is 11.5. The smallest absolute Gasteiger partial charge is 0.274 e. The third-order valence-electron chi connectivity index (χ3n) is 4.53. The zero-order valence-corrected chi connectivity index (χ0v) is 16.5. The summed E-state index contributed by atoms with van der Waals surface area (Å²) in [6.45, 7) is 4.09. The molecule has 5 nitrogen and oxygen atoms in total. The summed E-state index contributed by atoms with van der Waals surface area (Å²) in [7, 11) is 0. The molecule has 0 unspecified atom stereocenters. The average molecular weight is 390 g/mol. The van der Waals surface area contributed by atoms with Gasteiger partial charge in [0.25, 0.3) is 5.91 Å². The topological polar surface area (TPSA) is 70.6 Å². The number of carbonyl (C=O) groups excluding carboxylic acids is 1. The lowest BCUT2D eigenvalue weighted by Crippen LogP contribution is -2.18. The number of hydrogen-bond acceptors (Lipinski definition) is 4. The summed E-state index contributed by atoms with van der Waals surface area (Å²) in [5.41, 5.74) is 7.39. The Balaban J connectivity index is 1.84. The molecule has 0 aromatic heterocycles. The number of carbonyl (C=O) groups is 1. The van der Waals surface area contributed by atoms with E-state index in [9.17, 15) is 4.79 Å². The number of rotatable bonds is 9. The number of benzene rings is 3. The molecule has 3 rings (SSSR count). The molecule has 0 fully saturated rings. The highest BCUT2D eigenvalue weighted by Crippen LogP contribution is 2.26. The molecule has 0 aliphatic carbocycles. The van der Waals surface area contributed by atoms with E-state index in [1.807, 2.05) is 30.3 Å². The molecule has 0 saturated heterocycles. The van der Waals surface area contributed by atoms with Crippen molar-refractivity contribution in [2.75, 3.05) is 11.9 Å². The van der Waals surface area contributed by atoms with Crippen LogP contribution in [-0.2, 0) is 17.9 Å². The number of ether oxygens (including phenoxy) is 1. The van der Waals surface area contributed by atoms with Crippen molar-refractivity contribution in [3.63, 3.8) is 0 Å². The Hall–Kier alpha value is -3.15. The standard InChI is InChI=1S/C24H26N2O3/c1-2-12-29-17-19-13-22(20-8-10-21(11-9-20)24(27)26-28)15-23(14-19)25-16-18-6-4-3-5-7-18/h3-11,13-15,25,28H,2,12,16-17H2,1H3,(H,26,27). The van der Waals surface area contributed by atoms with Crippen LogP contribution in [0, 0.1) is 0 Å². The lowest BCUT2D eigenvalue weighted by Gasteiger charge is -2.13. The molecular formula is C24H26N2O3. The van der Waals surface area contributed by atoms with Crippen molar-refractivity contribution in [2.24, 2.45) is 0 Å². The Morgan fingerprint density at radius 1 is 0.931 bits per heavy atom. The maximum absolute atomic E-state index is 11.5. The maximum Gasteiger partial charge on any atom is 0.274 e. The van der Waals surface area contributed by atoms with Gasteiger partial charge in [0.05, 0.1) is 6.61 Å². The van der Waals surface area contributed by atoms with E-state index in [-0.39, 0.29) is 0 Å². The second-order valence-corrected chi connectivity index (χ2v) is 6.83. The number of hydroxylamine groups is 1. The van der Waals surface area contributed by atoms with Gasteiger partial charge >= 0.3 is 0 Å². The van der Waals surface area contributed by atoms with Crippen molar-refractivity contribution in [3.05, 3.63) is 89.5 Å². The summed E-state index contributed by atoms with van der Waals surface area (Å²) in [6, 6.07) is 23.7. The third kappa shape index (κ3) is 5.91. The predicted octanol–water partition coefficient (Wildman–Crippen LogP) is 5.01. The lowest BCUT2D eigenvalue weighted by molar-refractivity contribution is 0.0706. The molecule has 0 aliphatic heterocycles. The predicted molar refractivity (Wildman–Crippen MR) is 115 cm³/mol. The van der Waals surface area contributed by atoms with Gasteiger partial charge in [-0.2, -0.15) is 0 Å². The molecule has 29 heavy (non-hydrogen) atoms. The van der Waals surface area contributed by atoms with Crippen LogP contribution in [0.15, 0.2) is 72.8 Å². The summed E-state index contributed by atoms with van der Waals surface area (Å²) in [5.74, 6) is -0.525. The van der Waals surface area contributed by atoms with Crippen molar-refractivity contribution < 1.29 is 14.7 Å². The largest absolute Gasteiger partial charge is 0.381 e. The molecule has 0 aliphatic rings. The van der Waals surface area contributed by atoms with E-state index in [1.54, 1.807) is 17.6 Å². The van der Waals surface area contributed by atoms with Gasteiger partial charge in [0.2, 0.25) is 0 Å². The van der Waals surface area contributed by atoms with Crippen LogP contribution in [0.1, 0.15) is 34.8 Å². The van der Waals surface area contributed by atoms with E-state index in [2.05, 4.69) is 42.6 Å². The van der Waals surface area contributed by atoms with Crippen LogP contribution >= 0.6 is 0 Å². The molecule has 0 atom stereocenters. The highest BCUT2D eigenvalue weighted by Gasteiger charge is 2.07. The van der Waals surface area contributed by atoms with Gasteiger partial charge in [0, 0.05) is 24.4 Å². The number of nitrogens with one attached hydrogen (secondary N) is 2. The minimum Gasteiger partial charge on any atom is -0.381 e. The first-order valence-electron chi connectivity index (χ1n) is 9.74. The van der Waals surface area contributed by atoms with Crippen LogP contribution < -0.4 is 10.8 Å². The average Bonchev–Trinajstić information content (AvgIpc) is 2.78. The molecule has 0 saturated carbocycles. The Labute approximate surface area is 171 Å². The lowest BCUT2D eigenvalue weighted by atomic mass is 10.0. The number of anilines is 1. The number of hydrogen-bond donors (Lipinski definition) is 3. The zero-order valence-electron chi connectivity index (χ0n) is 16.5. The molecule has 5 heteroatoms. The van der Waals surface area contributed by atoms with E-state index < -0.39 is 5.91 Å². The van der Waals surface area contributed by atoms with Crippen molar-refractivity contribution in [1.29, 1.82) is 0 Å². The van der Waals surface area contributed by atoms with Crippen LogP contribution in [0.5, 0.6) is 0 Å². The summed E-state index contributed by atoms with van der Waals surface area (Å²) in [5, 5.41) is 12.3. The quantitative estimate of drug-likeness (QED) is 0.273. The third-order valence-corrected chi connectivity index (χ3v) is 4.53. The summed E-state index contributed by atoms with van der Waals surface area (Å²) in [6.07, 6.45) is 0.979. The summed E-state index contributed by atoms with van der Waals surface area (Å²) >= 11 is 0. The van der Waals surface area contributed by atoms with Crippen LogP contribution in [0.25, 0.3) is 11.1 Å². The highest BCUT2D eigenvalue weighted by molar-refractivity contribution is 5.93. The van der Waals surface area contributed by atoms with Crippen LogP contribution in [0.2, 0.25) is 0 Å². The van der Waals surface area contributed by atoms with Crippen molar-refractivity contribution >= 4 is 11.6 Å². The molecule has 0 bridgehead atoms. The highest BCUT2D eigenvalue weighted by atomic mass is 16.5. The Kier molecular flexibility index (Phi) is 7.39. The second-order valence-electron chi connectivity index (χ2n) is 6.83. The molecule has 3 N–H and O–H groups in total. The Bertz CT molecular complexity index is 925. The fourth-order valence-electron chi connectivity index (χ4n) is 3.06. The van der Waals surface area contributed by atoms with Crippen LogP contribution in [0.3, 0.4) is 0 Å². The minimum atomic E-state index is -0.525. The van der Waals surface area contributed by atoms with Gasteiger partial charge in [-0.3, -0.25) is 10.0 Å². The molecule has 3 aromatic carbocycles. The van der Waals surface area contributed by atoms with Gasteiger partial charge in [-0.05, 0) is 59.0 Å². The van der Waals surface area contributed by atoms with Crippen molar-refractivity contribution in [1.82, 2.24) is 5.48 Å². The molecule has 150 valence electrons. The molecule has 0 spiro atoms. The first-order valence-corrected chi connectivity index (χ1v) is 9.74. The van der Waals surface area contributed by atoms with Gasteiger partial charge < -0.3 is 10.1 Å². The minimum absolute atomic E-state index is 0.404. The van der Waals surface area contributed by atoms with Crippen LogP contribution in [0.4, 0.5) is 5.69 Å². The fourth-order valence-corrected chi connectivity index (χ4v) is 3.06. The number of amides is 1. The van der Waals surface area contributed by atoms with E-state index in [4.69, 9.17) is 9.94 Å². The Morgan fingerprint density at radius 2 is 1.69 bits per heavy atom. The van der Waals surface area contributed by atoms with Gasteiger partial charge in [0.15, 0.2) is 0 Å². The molecule has 1 amide bonds. The van der Waals surface area contributed by atoms with E-state index >= 15 is 0 Å². The monoisotopic (exact) mass is 390 g/mol. The molecule has 0 heterocycles. The van der Waals surface area contributed by atoms with Crippen molar-refractivity contribution in [3.8, 4) is 11.1 Å². The fraction of sp³-hybridized carbons (Fsp3) is 0.208. The summed E-state index contributed by atoms with van der Waals surface area (Å²) in [4.78, 5) is 11.5. The zero-order chi connectivity index (χ0) is 20.5. The molecule has 3 aromatic rings. The van der Waals surface area contributed by atoms with Crippen LogP contribution in [-0.4, -0.2) is 17.7 Å². The van der Waals surface area contributed by atoms with Gasteiger partial charge in [-0.15, -0.1) is 0 Å². The van der Waals surface area contributed by atoms with E-state index in [1.165, 1.54) is 5.56 Å². The van der Waals surface area contributed by atoms with Gasteiger partial charge in [-0.25, -0.2) is 5.48 Å². The SMILES string of the molecule is CCCOCc1cc(NCc2ccccc2)cc(-c2ccc(C(=O)NO)cc2)c1. The first kappa shape index (κ1) is 20.6. The second kappa shape index (κ2) is 10.4. The first-order chi connectivity index (χ1) is 14.2. The van der Waals surface area contributed by atoms with Gasteiger partial charge in [-0.1, -0.05) is 49.4 Å². The van der Waals surface area contributed by atoms with E-state index in [0.717, 1.165) is 42.0 Å². The Morgan fingerprint density at radius 3 is 2.38 bits per heavy atom. The van der Waals surface area contributed by atoms with E-state index in [0.29, 0.717) is 12.2 Å².